The standard InChI is InChI=1S/C33H27Cl2N7O9S/c1-17-3-6-19(7-4-17)29(52-33-38-39-40-41(33)2)20-9-12-27(26(15-20)42(47)48)51-28(30(43)36-24-13-18(16-50-49)5-10-22(24)34)31(44)37-25-14-21(32(45)46)8-11-23(25)35/h3-15,28-29,49H,16H2,1-2H3,(H,36,43)(H,37,44)(H,45,46). The van der Waals surface area contributed by atoms with E-state index in [0.29, 0.717) is 16.3 Å². The number of aromatic nitrogens is 4. The van der Waals surface area contributed by atoms with Crippen LogP contribution in [0.1, 0.15) is 37.9 Å². The van der Waals surface area contributed by atoms with Crippen molar-refractivity contribution < 1.29 is 39.3 Å². The molecule has 5 rings (SSSR count). The number of carboxylic acids is 1. The Morgan fingerprint density at radius 2 is 1.58 bits per heavy atom. The van der Waals surface area contributed by atoms with Crippen molar-refractivity contribution in [2.45, 2.75) is 30.0 Å². The smallest absolute Gasteiger partial charge is 0.335 e. The fourth-order valence-electron chi connectivity index (χ4n) is 4.77. The van der Waals surface area contributed by atoms with Crippen molar-refractivity contribution >= 4 is 69.8 Å². The van der Waals surface area contributed by atoms with Gasteiger partial charge in [0.25, 0.3) is 17.9 Å². The molecule has 0 saturated heterocycles. The summed E-state index contributed by atoms with van der Waals surface area (Å²) < 4.78 is 7.27. The molecule has 0 radical (unpaired) electrons. The van der Waals surface area contributed by atoms with Crippen molar-refractivity contribution in [1.82, 2.24) is 20.2 Å². The molecule has 0 saturated carbocycles. The van der Waals surface area contributed by atoms with Crippen LogP contribution in [0.2, 0.25) is 10.0 Å². The average Bonchev–Trinajstić information content (AvgIpc) is 3.52. The zero-order valence-electron chi connectivity index (χ0n) is 27.0. The molecular weight excluding hydrogens is 741 g/mol. The number of carbonyl (C=O) groups is 3. The SMILES string of the molecule is Cc1ccc(C(Sc2nnnn2C)c2ccc(OC(C(=O)Nc3cc(COO)ccc3Cl)C(=O)Nc3cc(C(=O)O)ccc3Cl)c([N+](=O)[O-])c2)cc1. The third-order valence-corrected chi connectivity index (χ3v) is 9.38. The number of ether oxygens (including phenoxy) is 1. The van der Waals surface area contributed by atoms with Gasteiger partial charge in [0.2, 0.25) is 5.16 Å². The Balaban J connectivity index is 1.54. The van der Waals surface area contributed by atoms with Crippen LogP contribution in [0.3, 0.4) is 0 Å². The van der Waals surface area contributed by atoms with Crippen LogP contribution in [-0.4, -0.2) is 59.4 Å². The highest BCUT2D eigenvalue weighted by atomic mass is 35.5. The van der Waals surface area contributed by atoms with Crippen LogP contribution in [0.4, 0.5) is 17.1 Å². The number of carbonyl (C=O) groups excluding carboxylic acids is 2. The van der Waals surface area contributed by atoms with E-state index < -0.39 is 45.5 Å². The molecule has 4 aromatic carbocycles. The van der Waals surface area contributed by atoms with Crippen LogP contribution >= 0.6 is 35.0 Å². The number of hydrogen-bond acceptors (Lipinski definition) is 12. The normalized spacial score (nSPS) is 12.1. The molecule has 2 unspecified atom stereocenters. The molecule has 0 aliphatic carbocycles. The Morgan fingerprint density at radius 1 is 0.942 bits per heavy atom. The van der Waals surface area contributed by atoms with Gasteiger partial charge >= 0.3 is 11.7 Å². The summed E-state index contributed by atoms with van der Waals surface area (Å²) in [4.78, 5) is 55.0. The van der Waals surface area contributed by atoms with Gasteiger partial charge in [0, 0.05) is 13.1 Å². The van der Waals surface area contributed by atoms with E-state index in [0.717, 1.165) is 17.2 Å². The third-order valence-electron chi connectivity index (χ3n) is 7.38. The molecule has 0 aliphatic rings. The maximum atomic E-state index is 13.8. The number of thioether (sulfide) groups is 1. The van der Waals surface area contributed by atoms with Crippen LogP contribution in [-0.2, 0) is 28.1 Å². The number of rotatable bonds is 14. The lowest BCUT2D eigenvalue weighted by Crippen LogP contribution is -2.43. The van der Waals surface area contributed by atoms with Gasteiger partial charge in [0.1, 0.15) is 6.61 Å². The van der Waals surface area contributed by atoms with E-state index >= 15 is 0 Å². The van der Waals surface area contributed by atoms with E-state index in [1.165, 1.54) is 58.9 Å². The van der Waals surface area contributed by atoms with Crippen LogP contribution in [0.5, 0.6) is 5.75 Å². The molecule has 2 amide bonds. The minimum atomic E-state index is -2.13. The number of anilines is 2. The Hall–Kier alpha value is -5.59. The number of tetrazole rings is 1. The summed E-state index contributed by atoms with van der Waals surface area (Å²) in [5.74, 6) is -4.04. The first-order chi connectivity index (χ1) is 24.8. The van der Waals surface area contributed by atoms with Crippen molar-refractivity contribution in [2.75, 3.05) is 10.6 Å². The maximum Gasteiger partial charge on any atom is 0.335 e. The second kappa shape index (κ2) is 16.6. The van der Waals surface area contributed by atoms with Crippen LogP contribution in [0.25, 0.3) is 0 Å². The van der Waals surface area contributed by atoms with Gasteiger partial charge in [0.05, 0.1) is 37.2 Å². The maximum absolute atomic E-state index is 13.8. The first kappa shape index (κ1) is 37.7. The zero-order chi connectivity index (χ0) is 37.5. The first-order valence-corrected chi connectivity index (χ1v) is 16.6. The van der Waals surface area contributed by atoms with Gasteiger partial charge in [0.15, 0.2) is 5.75 Å². The van der Waals surface area contributed by atoms with Crippen molar-refractivity contribution in [3.8, 4) is 5.75 Å². The minimum Gasteiger partial charge on any atom is -0.478 e. The third kappa shape index (κ3) is 9.00. The zero-order valence-corrected chi connectivity index (χ0v) is 29.3. The van der Waals surface area contributed by atoms with Gasteiger partial charge in [-0.2, -0.15) is 0 Å². The number of aromatic carboxylic acids is 1. The molecule has 0 spiro atoms. The lowest BCUT2D eigenvalue weighted by molar-refractivity contribution is -0.386. The van der Waals surface area contributed by atoms with Crippen LogP contribution in [0, 0.1) is 17.0 Å². The first-order valence-electron chi connectivity index (χ1n) is 14.9. The summed E-state index contributed by atoms with van der Waals surface area (Å²) >= 11 is 13.7. The molecule has 1 heterocycles. The highest BCUT2D eigenvalue weighted by Crippen LogP contribution is 2.42. The van der Waals surface area contributed by atoms with Crippen molar-refractivity contribution in [2.24, 2.45) is 7.05 Å². The van der Waals surface area contributed by atoms with Gasteiger partial charge in [-0.25, -0.2) is 14.4 Å². The highest BCUT2D eigenvalue weighted by Gasteiger charge is 2.34. The molecule has 0 bridgehead atoms. The number of halogens is 2. The highest BCUT2D eigenvalue weighted by molar-refractivity contribution is 7.99. The van der Waals surface area contributed by atoms with E-state index in [4.69, 9.17) is 33.2 Å². The van der Waals surface area contributed by atoms with Crippen molar-refractivity contribution in [3.05, 3.63) is 127 Å². The van der Waals surface area contributed by atoms with E-state index in [1.54, 1.807) is 13.1 Å². The number of benzene rings is 4. The second-order valence-corrected chi connectivity index (χ2v) is 12.9. The number of nitrogens with one attached hydrogen (secondary N) is 2. The number of amides is 2. The summed E-state index contributed by atoms with van der Waals surface area (Å²) in [5, 5.41) is 47.1. The molecule has 0 aliphatic heterocycles. The van der Waals surface area contributed by atoms with Gasteiger partial charge < -0.3 is 20.5 Å². The number of nitro groups is 1. The Kier molecular flexibility index (Phi) is 12.0. The summed E-state index contributed by atoms with van der Waals surface area (Å²) in [6.45, 7) is 1.66. The van der Waals surface area contributed by atoms with Gasteiger partial charge in [-0.05, 0) is 70.4 Å². The Bertz CT molecular complexity index is 2150. The summed E-state index contributed by atoms with van der Waals surface area (Å²) in [7, 11) is 1.65. The van der Waals surface area contributed by atoms with Crippen molar-refractivity contribution in [1.29, 1.82) is 0 Å². The number of aryl methyl sites for hydroxylation is 2. The van der Waals surface area contributed by atoms with Crippen molar-refractivity contribution in [3.63, 3.8) is 0 Å². The predicted molar refractivity (Wildman–Crippen MR) is 190 cm³/mol. The molecule has 16 nitrogen and oxygen atoms in total. The number of nitrogens with zero attached hydrogens (tertiary/aromatic N) is 5. The van der Waals surface area contributed by atoms with E-state index in [9.17, 15) is 29.6 Å². The largest absolute Gasteiger partial charge is 0.478 e. The second-order valence-electron chi connectivity index (χ2n) is 11.0. The topological polar surface area (TPSA) is 221 Å². The number of carboxylic acid groups (broad SMARTS) is 1. The molecule has 2 atom stereocenters. The Morgan fingerprint density at radius 3 is 2.17 bits per heavy atom. The number of hydrogen-bond donors (Lipinski definition) is 4. The average molecular weight is 769 g/mol. The molecule has 52 heavy (non-hydrogen) atoms. The quantitative estimate of drug-likeness (QED) is 0.0319. The molecule has 1 aromatic heterocycles. The van der Waals surface area contributed by atoms with Crippen LogP contribution in [0.15, 0.2) is 84.0 Å². The minimum absolute atomic E-state index is 0.00500. The summed E-state index contributed by atoms with van der Waals surface area (Å²) in [5.41, 5.74) is 1.65. The van der Waals surface area contributed by atoms with E-state index in [1.807, 2.05) is 31.2 Å². The molecular formula is C33H27Cl2N7O9S. The summed E-state index contributed by atoms with van der Waals surface area (Å²) in [6, 6.07) is 19.4. The molecule has 4 N–H and O–H groups in total. The van der Waals surface area contributed by atoms with Gasteiger partial charge in [-0.1, -0.05) is 76.9 Å². The predicted octanol–water partition coefficient (Wildman–Crippen LogP) is 6.33. The summed E-state index contributed by atoms with van der Waals surface area (Å²) in [6.07, 6.45) is -2.13. The van der Waals surface area contributed by atoms with E-state index in [-0.39, 0.29) is 33.6 Å². The van der Waals surface area contributed by atoms with Crippen LogP contribution < -0.4 is 15.4 Å². The van der Waals surface area contributed by atoms with Gasteiger partial charge in [-0.15, -0.1) is 5.10 Å². The number of nitro benzene ring substituents is 1. The fourth-order valence-corrected chi connectivity index (χ4v) is 6.16. The molecule has 0 fully saturated rings. The lowest BCUT2D eigenvalue weighted by Gasteiger charge is -2.21. The molecule has 19 heteroatoms. The van der Waals surface area contributed by atoms with E-state index in [2.05, 4.69) is 31.0 Å². The van der Waals surface area contributed by atoms with Gasteiger partial charge in [-0.3, -0.25) is 25.0 Å². The monoisotopic (exact) mass is 767 g/mol. The molecule has 5 aromatic rings. The molecule has 268 valence electrons. The Labute approximate surface area is 308 Å². The fraction of sp³-hybridized carbons (Fsp3) is 0.152. The lowest BCUT2D eigenvalue weighted by atomic mass is 10.0.